The lowest BCUT2D eigenvalue weighted by molar-refractivity contribution is 0.892. The van der Waals surface area contributed by atoms with E-state index in [1.165, 1.54) is 48.9 Å². The van der Waals surface area contributed by atoms with Crippen LogP contribution in [0.3, 0.4) is 0 Å². The van der Waals surface area contributed by atoms with Crippen molar-refractivity contribution in [3.63, 3.8) is 0 Å². The Labute approximate surface area is 298 Å². The molecule has 1 heterocycles. The molecule has 0 bridgehead atoms. The molecule has 0 N–H and O–H groups in total. The van der Waals surface area contributed by atoms with E-state index in [4.69, 9.17) is 10.1 Å². The first-order chi connectivity index (χ1) is 24.4. The van der Waals surface area contributed by atoms with Crippen LogP contribution in [0.1, 0.15) is 51.4 Å². The van der Waals surface area contributed by atoms with Gasteiger partial charge in [-0.15, -0.1) is 5.10 Å². The van der Waals surface area contributed by atoms with Gasteiger partial charge in [-0.05, 0) is 79.5 Å². The van der Waals surface area contributed by atoms with Crippen molar-refractivity contribution in [3.8, 4) is 11.1 Å². The van der Waals surface area contributed by atoms with Crippen molar-refractivity contribution in [2.24, 2.45) is 15.3 Å². The molecule has 1 aromatic heterocycles. The molecule has 8 rings (SSSR count). The molecule has 0 atom stereocenters. The highest BCUT2D eigenvalue weighted by Crippen LogP contribution is 2.37. The second-order valence-electron chi connectivity index (χ2n) is 12.6. The normalized spacial score (nSPS) is 12.0. The predicted molar refractivity (Wildman–Crippen MR) is 215 cm³/mol. The van der Waals surface area contributed by atoms with Crippen molar-refractivity contribution in [3.05, 3.63) is 166 Å². The summed E-state index contributed by atoms with van der Waals surface area (Å²) in [6, 6.07) is 42.2. The molecule has 0 spiro atoms. The van der Waals surface area contributed by atoms with Gasteiger partial charge in [-0.3, -0.25) is 0 Å². The van der Waals surface area contributed by atoms with Gasteiger partial charge in [0.1, 0.15) is 5.71 Å². The fraction of sp³-hybridized carbons (Fsp3) is 0.136. The summed E-state index contributed by atoms with van der Waals surface area (Å²) in [5.41, 5.74) is 13.9. The number of hydrazone groups is 1. The summed E-state index contributed by atoms with van der Waals surface area (Å²) in [4.78, 5) is 4.82. The molecule has 7 aromatic rings. The molecular weight excluding hydrogens is 631 g/mol. The Morgan fingerprint density at radius 1 is 0.640 bits per heavy atom. The van der Waals surface area contributed by atoms with E-state index in [1.54, 1.807) is 11.3 Å². The van der Waals surface area contributed by atoms with Crippen LogP contribution in [0.25, 0.3) is 32.1 Å². The van der Waals surface area contributed by atoms with Gasteiger partial charge in [0.05, 0.1) is 22.6 Å². The first kappa shape index (κ1) is 32.8. The number of hydrogen-bond donors (Lipinski definition) is 0. The van der Waals surface area contributed by atoms with Gasteiger partial charge in [0.15, 0.2) is 0 Å². The molecule has 50 heavy (non-hydrogen) atoms. The summed E-state index contributed by atoms with van der Waals surface area (Å²) in [7, 11) is 0. The number of anilines is 1. The first-order valence-electron chi connectivity index (χ1n) is 16.9. The number of rotatable bonds is 6. The summed E-state index contributed by atoms with van der Waals surface area (Å²) < 4.78 is 1.22. The Hall–Kier alpha value is -5.72. The Kier molecular flexibility index (Phi) is 9.45. The van der Waals surface area contributed by atoms with Crippen LogP contribution in [-0.4, -0.2) is 29.7 Å². The lowest BCUT2D eigenvalue weighted by Crippen LogP contribution is -2.15. The van der Waals surface area contributed by atoms with Gasteiger partial charge in [0, 0.05) is 23.1 Å². The molecule has 0 amide bonds. The van der Waals surface area contributed by atoms with Gasteiger partial charge in [0.25, 0.3) is 0 Å². The third-order valence-corrected chi connectivity index (χ3v) is 10.1. The molecule has 1 aliphatic carbocycles. The zero-order valence-corrected chi connectivity index (χ0v) is 29.9. The van der Waals surface area contributed by atoms with Crippen LogP contribution in [0.4, 0.5) is 5.13 Å². The van der Waals surface area contributed by atoms with E-state index in [-0.39, 0.29) is 0 Å². The zero-order valence-electron chi connectivity index (χ0n) is 29.1. The molecule has 6 aromatic carbocycles. The van der Waals surface area contributed by atoms with Crippen LogP contribution in [0, 0.1) is 27.7 Å². The second-order valence-corrected chi connectivity index (χ2v) is 13.6. The Morgan fingerprint density at radius 2 is 1.22 bits per heavy atom. The quantitative estimate of drug-likeness (QED) is 0.131. The van der Waals surface area contributed by atoms with E-state index in [1.807, 2.05) is 17.4 Å². The van der Waals surface area contributed by atoms with Crippen molar-refractivity contribution in [2.45, 2.75) is 34.6 Å². The smallest absolute Gasteiger partial charge is 0.207 e. The minimum atomic E-state index is 0.777. The van der Waals surface area contributed by atoms with Gasteiger partial charge in [-0.1, -0.05) is 138 Å². The Morgan fingerprint density at radius 3 is 1.86 bits per heavy atom. The van der Waals surface area contributed by atoms with Crippen LogP contribution in [0.5, 0.6) is 0 Å². The average molecular weight is 670 g/mol. The molecular formula is C44H39N5S. The van der Waals surface area contributed by atoms with Gasteiger partial charge >= 0.3 is 0 Å². The molecule has 0 radical (unpaired) electrons. The summed E-state index contributed by atoms with van der Waals surface area (Å²) in [5.74, 6) is 0. The lowest BCUT2D eigenvalue weighted by Gasteiger charge is -2.12. The largest absolute Gasteiger partial charge is 0.239 e. The number of aryl methyl sites for hydroxylation is 4. The van der Waals surface area contributed by atoms with Crippen molar-refractivity contribution in [2.75, 3.05) is 11.6 Å². The molecule has 0 unspecified atom stereocenters. The maximum absolute atomic E-state index is 4.82. The van der Waals surface area contributed by atoms with Crippen molar-refractivity contribution < 1.29 is 0 Å². The molecule has 1 aliphatic rings. The van der Waals surface area contributed by atoms with Gasteiger partial charge < -0.3 is 0 Å². The zero-order chi connectivity index (χ0) is 34.6. The van der Waals surface area contributed by atoms with Crippen LogP contribution in [0.2, 0.25) is 0 Å². The van der Waals surface area contributed by atoms with E-state index < -0.39 is 0 Å². The summed E-state index contributed by atoms with van der Waals surface area (Å²) >= 11 is 1.70. The lowest BCUT2D eigenvalue weighted by atomic mass is 10.1. The van der Waals surface area contributed by atoms with Gasteiger partial charge in [-0.25, -0.2) is 9.99 Å². The number of benzene rings is 6. The predicted octanol–water partition coefficient (Wildman–Crippen LogP) is 11.1. The Balaban J connectivity index is 0.000000157. The van der Waals surface area contributed by atoms with Crippen molar-refractivity contribution >= 4 is 55.6 Å². The molecule has 246 valence electrons. The van der Waals surface area contributed by atoms with Crippen LogP contribution < -0.4 is 5.01 Å². The summed E-state index contributed by atoms with van der Waals surface area (Å²) in [6.07, 6.45) is 3.79. The van der Waals surface area contributed by atoms with E-state index in [2.05, 4.69) is 166 Å². The number of hydrogen-bond acceptors (Lipinski definition) is 6. The third kappa shape index (κ3) is 6.75. The third-order valence-electron chi connectivity index (χ3n) is 9.00. The maximum Gasteiger partial charge on any atom is 0.207 e. The first-order valence-corrected chi connectivity index (χ1v) is 17.8. The van der Waals surface area contributed by atoms with Gasteiger partial charge in [0.2, 0.25) is 5.13 Å². The van der Waals surface area contributed by atoms with Crippen LogP contribution in [-0.2, 0) is 0 Å². The number of aromatic nitrogens is 1. The Bertz CT molecular complexity index is 2390. The molecule has 0 saturated heterocycles. The maximum atomic E-state index is 4.82. The number of nitrogens with zero attached hydrogens (tertiary/aromatic N) is 5. The van der Waals surface area contributed by atoms with Crippen molar-refractivity contribution in [1.82, 2.24) is 4.98 Å². The second kappa shape index (κ2) is 14.4. The highest BCUT2D eigenvalue weighted by atomic mass is 32.1. The van der Waals surface area contributed by atoms with Crippen molar-refractivity contribution in [1.29, 1.82) is 0 Å². The van der Waals surface area contributed by atoms with Gasteiger partial charge in [-0.2, -0.15) is 10.2 Å². The standard InChI is InChI=1S/C22H21N3S.C22H18N2/c1-4-25(23-14-18-13-15(2)9-10-16(18)3)22-24-20-12-11-17-7-5-6-8-19(17)21(20)26-22;1-15-11-12-16(2)17(13-15)14-23-24-22-20-9-5-3-7-18(20)19-8-4-6-10-21(19)22/h5-14H,4H2,1-3H3;3-14H,1-2H3/b2*23-14+. The van der Waals surface area contributed by atoms with Crippen LogP contribution >= 0.6 is 11.3 Å². The fourth-order valence-electron chi connectivity index (χ4n) is 6.20. The van der Waals surface area contributed by atoms with E-state index in [0.717, 1.165) is 45.2 Å². The SMILES string of the molecule is CCN(/N=C/c1cc(C)ccc1C)c1nc2ccc3ccccc3c2s1.Cc1ccc(C)c(/C=N/N=C2c3ccccc3-c3ccccc32)c1. The minimum Gasteiger partial charge on any atom is -0.239 e. The van der Waals surface area contributed by atoms with E-state index in [0.29, 0.717) is 0 Å². The monoisotopic (exact) mass is 669 g/mol. The fourth-order valence-corrected chi connectivity index (χ4v) is 7.32. The number of fused-ring (bicyclic) bond motifs is 6. The minimum absolute atomic E-state index is 0.777. The molecule has 6 heteroatoms. The topological polar surface area (TPSA) is 53.2 Å². The molecule has 0 aliphatic heterocycles. The summed E-state index contributed by atoms with van der Waals surface area (Å²) in [6.45, 7) is 11.3. The molecule has 0 saturated carbocycles. The van der Waals surface area contributed by atoms with E-state index in [9.17, 15) is 0 Å². The highest BCUT2D eigenvalue weighted by Gasteiger charge is 2.23. The van der Waals surface area contributed by atoms with Crippen LogP contribution in [0.15, 0.2) is 137 Å². The molecule has 5 nitrogen and oxygen atoms in total. The van der Waals surface area contributed by atoms with E-state index >= 15 is 0 Å². The summed E-state index contributed by atoms with van der Waals surface area (Å²) in [5, 5.41) is 19.1. The number of thiazole rings is 1. The average Bonchev–Trinajstić information content (AvgIpc) is 3.72. The highest BCUT2D eigenvalue weighted by molar-refractivity contribution is 7.23. The molecule has 0 fully saturated rings.